The van der Waals surface area contributed by atoms with Gasteiger partial charge in [0.15, 0.2) is 11.9 Å². The maximum atomic E-state index is 10.5. The number of halogens is 1. The Morgan fingerprint density at radius 3 is 2.92 bits per heavy atom. The monoisotopic (exact) mass is 180 g/mol. The van der Waals surface area contributed by atoms with Crippen LogP contribution in [0.4, 0.5) is 0 Å². The van der Waals surface area contributed by atoms with Gasteiger partial charge in [0.2, 0.25) is 0 Å². The van der Waals surface area contributed by atoms with Gasteiger partial charge >= 0.3 is 0 Å². The van der Waals surface area contributed by atoms with Crippen LogP contribution in [0.25, 0.3) is 11.0 Å². The first-order valence-electron chi connectivity index (χ1n) is 3.44. The number of aldehydes is 1. The van der Waals surface area contributed by atoms with Crippen LogP contribution in [0.3, 0.4) is 0 Å². The van der Waals surface area contributed by atoms with Crippen LogP contribution in [0.1, 0.15) is 10.4 Å². The van der Waals surface area contributed by atoms with Gasteiger partial charge in [-0.25, -0.2) is 0 Å². The van der Waals surface area contributed by atoms with Crippen molar-refractivity contribution in [1.82, 2.24) is 0 Å². The number of hydrogen-bond acceptors (Lipinski definition) is 2. The minimum atomic E-state index is 0.528. The number of carbonyl (C=O) groups is 1. The van der Waals surface area contributed by atoms with Gasteiger partial charge in [-0.1, -0.05) is 11.6 Å². The van der Waals surface area contributed by atoms with Gasteiger partial charge in [0.25, 0.3) is 0 Å². The Morgan fingerprint density at radius 1 is 1.33 bits per heavy atom. The topological polar surface area (TPSA) is 30.2 Å². The van der Waals surface area contributed by atoms with Crippen LogP contribution >= 0.6 is 11.6 Å². The zero-order valence-electron chi connectivity index (χ0n) is 6.08. The van der Waals surface area contributed by atoms with Crippen LogP contribution in [-0.4, -0.2) is 6.29 Å². The average molecular weight is 181 g/mol. The molecule has 0 spiro atoms. The lowest BCUT2D eigenvalue weighted by Crippen LogP contribution is -1.79. The van der Waals surface area contributed by atoms with Crippen LogP contribution in [0.15, 0.2) is 28.9 Å². The van der Waals surface area contributed by atoms with Gasteiger partial charge in [-0.2, -0.15) is 0 Å². The lowest BCUT2D eigenvalue weighted by Gasteiger charge is -1.94. The van der Waals surface area contributed by atoms with Crippen molar-refractivity contribution in [2.24, 2.45) is 0 Å². The van der Waals surface area contributed by atoms with Crippen molar-refractivity contribution in [2.75, 3.05) is 0 Å². The molecule has 1 aromatic carbocycles. The normalized spacial score (nSPS) is 10.4. The number of fused-ring (bicyclic) bond motifs is 1. The molecule has 0 saturated carbocycles. The number of benzene rings is 1. The Morgan fingerprint density at radius 2 is 2.17 bits per heavy atom. The van der Waals surface area contributed by atoms with E-state index in [-0.39, 0.29) is 0 Å². The minimum Gasteiger partial charge on any atom is -0.463 e. The second-order valence-corrected chi connectivity index (χ2v) is 2.83. The molecule has 0 amide bonds. The predicted molar refractivity (Wildman–Crippen MR) is 46.6 cm³/mol. The van der Waals surface area contributed by atoms with Crippen molar-refractivity contribution in [3.63, 3.8) is 0 Å². The molecule has 2 aromatic rings. The molecular formula is C9H5ClO2. The molecule has 0 radical (unpaired) electrons. The highest BCUT2D eigenvalue weighted by atomic mass is 35.5. The Hall–Kier alpha value is -1.28. The maximum Gasteiger partial charge on any atom is 0.153 e. The Kier molecular flexibility index (Phi) is 1.62. The molecule has 12 heavy (non-hydrogen) atoms. The van der Waals surface area contributed by atoms with Gasteiger partial charge in [0, 0.05) is 10.9 Å². The van der Waals surface area contributed by atoms with E-state index in [4.69, 9.17) is 16.0 Å². The van der Waals surface area contributed by atoms with Crippen molar-refractivity contribution in [3.8, 4) is 0 Å². The van der Waals surface area contributed by atoms with E-state index >= 15 is 0 Å². The summed E-state index contributed by atoms with van der Waals surface area (Å²) >= 11 is 5.82. The number of hydrogen-bond donors (Lipinski definition) is 0. The second-order valence-electron chi connectivity index (χ2n) is 2.42. The third-order valence-corrected chi connectivity index (χ3v) is 2.03. The van der Waals surface area contributed by atoms with E-state index in [2.05, 4.69) is 0 Å². The summed E-state index contributed by atoms with van der Waals surface area (Å²) in [7, 11) is 0. The third kappa shape index (κ3) is 0.924. The zero-order chi connectivity index (χ0) is 8.55. The van der Waals surface area contributed by atoms with Gasteiger partial charge in [0.05, 0.1) is 11.3 Å². The first-order valence-corrected chi connectivity index (χ1v) is 3.81. The molecule has 0 N–H and O–H groups in total. The molecule has 0 aliphatic carbocycles. The van der Waals surface area contributed by atoms with E-state index in [0.717, 1.165) is 11.7 Å². The van der Waals surface area contributed by atoms with E-state index in [9.17, 15) is 4.79 Å². The van der Waals surface area contributed by atoms with Gasteiger partial charge < -0.3 is 4.42 Å². The van der Waals surface area contributed by atoms with Crippen molar-refractivity contribution in [2.45, 2.75) is 0 Å². The molecule has 1 aromatic heterocycles. The van der Waals surface area contributed by atoms with Crippen LogP contribution in [0.2, 0.25) is 5.02 Å². The fourth-order valence-electron chi connectivity index (χ4n) is 1.15. The quantitative estimate of drug-likeness (QED) is 0.632. The minimum absolute atomic E-state index is 0.528. The summed E-state index contributed by atoms with van der Waals surface area (Å²) in [6.07, 6.45) is 2.30. The number of furan rings is 1. The lowest BCUT2D eigenvalue weighted by atomic mass is 10.1. The molecule has 60 valence electrons. The van der Waals surface area contributed by atoms with Crippen LogP contribution in [0.5, 0.6) is 0 Å². The molecule has 3 heteroatoms. The highest BCUT2D eigenvalue weighted by Crippen LogP contribution is 2.26. The molecule has 0 aliphatic heterocycles. The summed E-state index contributed by atoms with van der Waals surface area (Å²) in [5.74, 6) is 0. The van der Waals surface area contributed by atoms with Crippen LogP contribution in [0, 0.1) is 0 Å². The van der Waals surface area contributed by atoms with Crippen molar-refractivity contribution in [3.05, 3.63) is 35.0 Å². The zero-order valence-corrected chi connectivity index (χ0v) is 6.84. The molecule has 0 unspecified atom stereocenters. The maximum absolute atomic E-state index is 10.5. The third-order valence-electron chi connectivity index (χ3n) is 1.73. The summed E-state index contributed by atoms with van der Waals surface area (Å²) < 4.78 is 5.10. The summed E-state index contributed by atoms with van der Waals surface area (Å²) in [6, 6.07) is 5.05. The smallest absolute Gasteiger partial charge is 0.153 e. The van der Waals surface area contributed by atoms with E-state index in [1.54, 1.807) is 18.2 Å². The van der Waals surface area contributed by atoms with Crippen molar-refractivity contribution < 1.29 is 9.21 Å². The summed E-state index contributed by atoms with van der Waals surface area (Å²) in [6.45, 7) is 0. The fourth-order valence-corrected chi connectivity index (χ4v) is 1.36. The molecular weight excluding hydrogens is 176 g/mol. The molecule has 0 fully saturated rings. The van der Waals surface area contributed by atoms with E-state index in [1.807, 2.05) is 0 Å². The van der Waals surface area contributed by atoms with Crippen LogP contribution < -0.4 is 0 Å². The van der Waals surface area contributed by atoms with Crippen LogP contribution in [-0.2, 0) is 0 Å². The average Bonchev–Trinajstić information content (AvgIpc) is 2.54. The summed E-state index contributed by atoms with van der Waals surface area (Å²) in [5, 5.41) is 1.29. The van der Waals surface area contributed by atoms with Gasteiger partial charge in [-0.15, -0.1) is 0 Å². The Labute approximate surface area is 73.7 Å². The SMILES string of the molecule is O=Cc1ccc(Cl)c2occc12. The Balaban J connectivity index is 2.91. The van der Waals surface area contributed by atoms with Crippen molar-refractivity contribution in [1.29, 1.82) is 0 Å². The first-order chi connectivity index (χ1) is 5.83. The summed E-state index contributed by atoms with van der Waals surface area (Å²) in [5.41, 5.74) is 1.17. The lowest BCUT2D eigenvalue weighted by molar-refractivity contribution is 0.112. The predicted octanol–water partition coefficient (Wildman–Crippen LogP) is 2.90. The molecule has 0 aliphatic rings. The van der Waals surface area contributed by atoms with E-state index in [1.165, 1.54) is 6.26 Å². The van der Waals surface area contributed by atoms with Gasteiger partial charge in [0.1, 0.15) is 0 Å². The largest absolute Gasteiger partial charge is 0.463 e. The van der Waals surface area contributed by atoms with Gasteiger partial charge in [-0.05, 0) is 18.2 Å². The number of rotatable bonds is 1. The second kappa shape index (κ2) is 2.64. The molecule has 1 heterocycles. The Bertz CT molecular complexity index is 431. The first kappa shape index (κ1) is 7.37. The number of carbonyl (C=O) groups excluding carboxylic acids is 1. The fraction of sp³-hybridized carbons (Fsp3) is 0. The standard InChI is InChI=1S/C9H5ClO2/c10-8-2-1-6(5-11)7-3-4-12-9(7)8/h1-5H. The highest BCUT2D eigenvalue weighted by molar-refractivity contribution is 6.35. The molecule has 0 saturated heterocycles. The van der Waals surface area contributed by atoms with Crippen molar-refractivity contribution >= 4 is 28.9 Å². The van der Waals surface area contributed by atoms with Gasteiger partial charge in [-0.3, -0.25) is 4.79 Å². The molecule has 0 atom stereocenters. The summed E-state index contributed by atoms with van der Waals surface area (Å²) in [4.78, 5) is 10.5. The highest BCUT2D eigenvalue weighted by Gasteiger charge is 2.05. The molecule has 2 rings (SSSR count). The van der Waals surface area contributed by atoms with E-state index in [0.29, 0.717) is 16.2 Å². The molecule has 0 bridgehead atoms. The molecule has 2 nitrogen and oxygen atoms in total. The van der Waals surface area contributed by atoms with E-state index < -0.39 is 0 Å².